The summed E-state index contributed by atoms with van der Waals surface area (Å²) in [5.74, 6) is 0.887. The van der Waals surface area contributed by atoms with E-state index in [-0.39, 0.29) is 5.82 Å². The van der Waals surface area contributed by atoms with Crippen LogP contribution in [0, 0.1) is 0 Å². The van der Waals surface area contributed by atoms with Crippen LogP contribution in [0.1, 0.15) is 34.9 Å². The smallest absolute Gasteiger partial charge is 0.215 e. The van der Waals surface area contributed by atoms with Crippen LogP contribution in [0.5, 0.6) is 0 Å². The highest BCUT2D eigenvalue weighted by Crippen LogP contribution is 2.40. The average molecular weight is 266 g/mol. The molecule has 0 spiro atoms. The maximum absolute atomic E-state index is 10.6. The Balaban J connectivity index is 2.24. The van der Waals surface area contributed by atoms with Gasteiger partial charge in [-0.05, 0) is 46.3 Å². The zero-order valence-electron chi connectivity index (χ0n) is 7.85. The lowest BCUT2D eigenvalue weighted by atomic mass is 10.2. The lowest BCUT2D eigenvalue weighted by Crippen LogP contribution is -1.92. The van der Waals surface area contributed by atoms with Crippen LogP contribution >= 0.6 is 15.9 Å². The summed E-state index contributed by atoms with van der Waals surface area (Å²) in [6.45, 7) is 0. The molecule has 5 heteroatoms. The molecule has 0 radical (unpaired) electrons. The highest BCUT2D eigenvalue weighted by atomic mass is 79.9. The van der Waals surface area contributed by atoms with Gasteiger partial charge in [0.05, 0.1) is 4.47 Å². The Morgan fingerprint density at radius 2 is 2.33 bits per heavy atom. The number of rotatable bonds is 2. The molecule has 0 aromatic carbocycles. The highest BCUT2D eigenvalue weighted by molar-refractivity contribution is 9.10. The molecule has 0 atom stereocenters. The largest absolute Gasteiger partial charge is 0.294 e. The van der Waals surface area contributed by atoms with Crippen LogP contribution in [0.4, 0.5) is 0 Å². The first-order valence-corrected chi connectivity index (χ1v) is 5.58. The number of nitrogens with zero attached hydrogens (tertiary/aromatic N) is 3. The standard InChI is InChI=1S/C10H8BrN3O/c11-8-3-7(6-1-2-6)4-14-10(8)12-9(5-15)13-14/h3-6H,1-2H2. The number of carbonyl (C=O) groups excluding carboxylic acids is 1. The van der Waals surface area contributed by atoms with Gasteiger partial charge in [-0.2, -0.15) is 0 Å². The molecule has 1 saturated carbocycles. The normalized spacial score (nSPS) is 15.8. The Kier molecular flexibility index (Phi) is 1.88. The van der Waals surface area contributed by atoms with E-state index >= 15 is 0 Å². The Morgan fingerprint density at radius 3 is 3.00 bits per heavy atom. The molecule has 76 valence electrons. The highest BCUT2D eigenvalue weighted by Gasteiger charge is 2.25. The summed E-state index contributed by atoms with van der Waals surface area (Å²) in [5.41, 5.74) is 1.96. The molecular weight excluding hydrogens is 258 g/mol. The third-order valence-electron chi connectivity index (χ3n) is 2.58. The first-order valence-electron chi connectivity index (χ1n) is 4.79. The van der Waals surface area contributed by atoms with Gasteiger partial charge in [-0.15, -0.1) is 5.10 Å². The van der Waals surface area contributed by atoms with E-state index < -0.39 is 0 Å². The van der Waals surface area contributed by atoms with Crippen molar-refractivity contribution in [2.45, 2.75) is 18.8 Å². The fraction of sp³-hybridized carbons (Fsp3) is 0.300. The van der Waals surface area contributed by atoms with E-state index in [2.05, 4.69) is 32.1 Å². The third-order valence-corrected chi connectivity index (χ3v) is 3.16. The molecule has 4 nitrogen and oxygen atoms in total. The third kappa shape index (κ3) is 1.47. The van der Waals surface area contributed by atoms with Crippen LogP contribution in [-0.2, 0) is 0 Å². The minimum Gasteiger partial charge on any atom is -0.294 e. The molecule has 0 N–H and O–H groups in total. The Bertz CT molecular complexity index is 545. The summed E-state index contributed by atoms with van der Waals surface area (Å²) >= 11 is 3.45. The summed E-state index contributed by atoms with van der Waals surface area (Å²) in [4.78, 5) is 14.7. The van der Waals surface area contributed by atoms with Crippen molar-refractivity contribution >= 4 is 27.9 Å². The number of halogens is 1. The minimum absolute atomic E-state index is 0.226. The Labute approximate surface area is 94.4 Å². The average Bonchev–Trinajstić information content (AvgIpc) is 2.98. The van der Waals surface area contributed by atoms with Gasteiger partial charge < -0.3 is 0 Å². The molecular formula is C10H8BrN3O. The molecule has 2 aromatic rings. The van der Waals surface area contributed by atoms with Crippen molar-refractivity contribution in [2.24, 2.45) is 0 Å². The topological polar surface area (TPSA) is 47.3 Å². The molecule has 0 bridgehead atoms. The van der Waals surface area contributed by atoms with Crippen LogP contribution in [0.2, 0.25) is 0 Å². The number of hydrogen-bond acceptors (Lipinski definition) is 3. The fourth-order valence-corrected chi connectivity index (χ4v) is 2.21. The van der Waals surface area contributed by atoms with Crippen molar-refractivity contribution in [2.75, 3.05) is 0 Å². The fourth-order valence-electron chi connectivity index (χ4n) is 1.67. The van der Waals surface area contributed by atoms with Gasteiger partial charge in [-0.3, -0.25) is 4.79 Å². The first-order chi connectivity index (χ1) is 7.28. The van der Waals surface area contributed by atoms with Crippen molar-refractivity contribution < 1.29 is 4.79 Å². The summed E-state index contributed by atoms with van der Waals surface area (Å²) in [5, 5.41) is 4.07. The molecule has 2 aromatic heterocycles. The second-order valence-corrected chi connectivity index (χ2v) is 4.61. The van der Waals surface area contributed by atoms with Gasteiger partial charge in [0, 0.05) is 6.20 Å². The summed E-state index contributed by atoms with van der Waals surface area (Å²) in [6.07, 6.45) is 5.11. The van der Waals surface area contributed by atoms with Crippen LogP contribution in [0.15, 0.2) is 16.7 Å². The molecule has 0 saturated heterocycles. The first kappa shape index (κ1) is 9.03. The van der Waals surface area contributed by atoms with E-state index in [4.69, 9.17) is 0 Å². The van der Waals surface area contributed by atoms with E-state index in [1.54, 1.807) is 4.52 Å². The molecule has 0 unspecified atom stereocenters. The number of aldehydes is 1. The van der Waals surface area contributed by atoms with Gasteiger partial charge >= 0.3 is 0 Å². The molecule has 1 fully saturated rings. The van der Waals surface area contributed by atoms with E-state index in [1.807, 2.05) is 6.20 Å². The van der Waals surface area contributed by atoms with E-state index in [0.717, 1.165) is 4.47 Å². The molecule has 15 heavy (non-hydrogen) atoms. The zero-order valence-corrected chi connectivity index (χ0v) is 9.44. The Morgan fingerprint density at radius 1 is 1.53 bits per heavy atom. The molecule has 2 heterocycles. The monoisotopic (exact) mass is 265 g/mol. The van der Waals surface area contributed by atoms with E-state index in [0.29, 0.717) is 17.9 Å². The SMILES string of the molecule is O=Cc1nc2c(Br)cc(C3CC3)cn2n1. The number of fused-ring (bicyclic) bond motifs is 1. The van der Waals surface area contributed by atoms with Gasteiger partial charge in [0.15, 0.2) is 11.9 Å². The summed E-state index contributed by atoms with van der Waals surface area (Å²) in [6, 6.07) is 2.07. The van der Waals surface area contributed by atoms with Crippen molar-refractivity contribution in [3.8, 4) is 0 Å². The van der Waals surface area contributed by atoms with E-state index in [1.165, 1.54) is 18.4 Å². The van der Waals surface area contributed by atoms with E-state index in [9.17, 15) is 4.79 Å². The second-order valence-electron chi connectivity index (χ2n) is 3.75. The number of hydrogen-bond donors (Lipinski definition) is 0. The maximum atomic E-state index is 10.6. The summed E-state index contributed by atoms with van der Waals surface area (Å²) in [7, 11) is 0. The lowest BCUT2D eigenvalue weighted by molar-refractivity contribution is 0.111. The molecule has 1 aliphatic carbocycles. The molecule has 0 aliphatic heterocycles. The van der Waals surface area contributed by atoms with Crippen LogP contribution < -0.4 is 0 Å². The van der Waals surface area contributed by atoms with Gasteiger partial charge in [0.1, 0.15) is 0 Å². The lowest BCUT2D eigenvalue weighted by Gasteiger charge is -2.00. The number of carbonyl (C=O) groups is 1. The second kappa shape index (κ2) is 3.13. The van der Waals surface area contributed by atoms with Crippen LogP contribution in [-0.4, -0.2) is 20.9 Å². The van der Waals surface area contributed by atoms with Crippen molar-refractivity contribution in [1.29, 1.82) is 0 Å². The molecule has 3 rings (SSSR count). The van der Waals surface area contributed by atoms with Gasteiger partial charge in [-0.1, -0.05) is 0 Å². The van der Waals surface area contributed by atoms with Crippen molar-refractivity contribution in [3.05, 3.63) is 28.1 Å². The van der Waals surface area contributed by atoms with Gasteiger partial charge in [-0.25, -0.2) is 9.50 Å². The van der Waals surface area contributed by atoms with Crippen molar-refractivity contribution in [1.82, 2.24) is 14.6 Å². The molecule has 0 amide bonds. The Hall–Kier alpha value is -1.23. The van der Waals surface area contributed by atoms with Crippen LogP contribution in [0.3, 0.4) is 0 Å². The number of aromatic nitrogens is 3. The minimum atomic E-state index is 0.226. The summed E-state index contributed by atoms with van der Waals surface area (Å²) < 4.78 is 2.56. The zero-order chi connectivity index (χ0) is 10.4. The van der Waals surface area contributed by atoms with Crippen molar-refractivity contribution in [3.63, 3.8) is 0 Å². The maximum Gasteiger partial charge on any atom is 0.215 e. The quantitative estimate of drug-likeness (QED) is 0.783. The van der Waals surface area contributed by atoms with Gasteiger partial charge in [0.2, 0.25) is 5.82 Å². The van der Waals surface area contributed by atoms with Gasteiger partial charge in [0.25, 0.3) is 0 Å². The number of pyridine rings is 1. The predicted molar refractivity (Wildman–Crippen MR) is 58.0 cm³/mol. The van der Waals surface area contributed by atoms with Crippen LogP contribution in [0.25, 0.3) is 5.65 Å². The molecule has 1 aliphatic rings. The predicted octanol–water partition coefficient (Wildman–Crippen LogP) is 2.18.